The highest BCUT2D eigenvalue weighted by Crippen LogP contribution is 2.37. The third kappa shape index (κ3) is 9.22. The summed E-state index contributed by atoms with van der Waals surface area (Å²) in [7, 11) is 0. The maximum Gasteiger partial charge on any atom is 0.327 e. The van der Waals surface area contributed by atoms with Crippen LogP contribution in [0.4, 0.5) is 0 Å². The van der Waals surface area contributed by atoms with Crippen molar-refractivity contribution in [1.29, 1.82) is 0 Å². The molecule has 0 bridgehead atoms. The third-order valence-corrected chi connectivity index (χ3v) is 5.25. The fourth-order valence-corrected chi connectivity index (χ4v) is 3.70. The zero-order chi connectivity index (χ0) is 18.7. The summed E-state index contributed by atoms with van der Waals surface area (Å²) in [5.74, 6) is -0.309. The molecule has 25 heavy (non-hydrogen) atoms. The zero-order valence-corrected chi connectivity index (χ0v) is 15.9. The monoisotopic (exact) mass is 352 g/mol. The Balaban J connectivity index is 2.41. The second-order valence-electron chi connectivity index (χ2n) is 7.67. The van der Waals surface area contributed by atoms with Gasteiger partial charge >= 0.3 is 5.97 Å². The van der Waals surface area contributed by atoms with Gasteiger partial charge in [0.1, 0.15) is 0 Å². The van der Waals surface area contributed by atoms with E-state index in [-0.39, 0.29) is 12.0 Å². The summed E-state index contributed by atoms with van der Waals surface area (Å²) in [5, 5.41) is 29.3. The Morgan fingerprint density at radius 3 is 2.64 bits per heavy atom. The molecule has 1 aliphatic carbocycles. The molecule has 1 rings (SSSR count). The van der Waals surface area contributed by atoms with E-state index >= 15 is 0 Å². The van der Waals surface area contributed by atoms with Gasteiger partial charge < -0.3 is 15.3 Å². The van der Waals surface area contributed by atoms with Crippen LogP contribution in [0.1, 0.15) is 78.1 Å². The molecule has 2 unspecified atom stereocenters. The van der Waals surface area contributed by atoms with Gasteiger partial charge in [0.2, 0.25) is 0 Å². The van der Waals surface area contributed by atoms with Crippen molar-refractivity contribution in [2.24, 2.45) is 11.8 Å². The van der Waals surface area contributed by atoms with Crippen molar-refractivity contribution in [3.05, 3.63) is 24.3 Å². The van der Waals surface area contributed by atoms with E-state index in [1.807, 2.05) is 13.0 Å². The standard InChI is InChI=1S/C21H36O4/c1-3-4-9-15-21(2,25)16-14-17-12-13-19(22)18(17)10-7-5-6-8-11-20(23)24/h8,11,14,16-19,22,25H,3-7,9-10,12-13,15H2,1-2H3,(H,23,24)/t17?,18-,19-,21?/m1/s1. The smallest absolute Gasteiger partial charge is 0.327 e. The molecule has 144 valence electrons. The first-order chi connectivity index (χ1) is 11.9. The lowest BCUT2D eigenvalue weighted by Crippen LogP contribution is -2.22. The molecule has 1 aliphatic rings. The first-order valence-electron chi connectivity index (χ1n) is 9.85. The largest absolute Gasteiger partial charge is 0.478 e. The number of aliphatic hydroxyl groups excluding tert-OH is 1. The quantitative estimate of drug-likeness (QED) is 0.275. The van der Waals surface area contributed by atoms with Crippen molar-refractivity contribution in [3.8, 4) is 0 Å². The molecule has 0 spiro atoms. The first-order valence-corrected chi connectivity index (χ1v) is 9.85. The molecule has 4 atom stereocenters. The summed E-state index contributed by atoms with van der Waals surface area (Å²) < 4.78 is 0. The van der Waals surface area contributed by atoms with Crippen LogP contribution < -0.4 is 0 Å². The average molecular weight is 353 g/mol. The van der Waals surface area contributed by atoms with Crippen LogP contribution in [0.15, 0.2) is 24.3 Å². The van der Waals surface area contributed by atoms with Crippen molar-refractivity contribution < 1.29 is 20.1 Å². The number of carboxylic acid groups (broad SMARTS) is 1. The summed E-state index contributed by atoms with van der Waals surface area (Å²) in [4.78, 5) is 10.4. The van der Waals surface area contributed by atoms with E-state index in [0.29, 0.717) is 5.92 Å². The SMILES string of the molecule is CCCCCC(C)(O)C=CC1CC[C@@H](O)[C@@H]1CCCCC=CC(=O)O. The molecule has 1 saturated carbocycles. The highest BCUT2D eigenvalue weighted by atomic mass is 16.4. The van der Waals surface area contributed by atoms with Gasteiger partial charge in [-0.3, -0.25) is 0 Å². The Labute approximate surface area is 152 Å². The highest BCUT2D eigenvalue weighted by Gasteiger charge is 2.33. The summed E-state index contributed by atoms with van der Waals surface area (Å²) in [6.07, 6.45) is 16.3. The lowest BCUT2D eigenvalue weighted by Gasteiger charge is -2.22. The Morgan fingerprint density at radius 2 is 1.96 bits per heavy atom. The number of carbonyl (C=O) groups is 1. The number of aliphatic carboxylic acids is 1. The van der Waals surface area contributed by atoms with Crippen LogP contribution in [0.3, 0.4) is 0 Å². The van der Waals surface area contributed by atoms with Gasteiger partial charge in [-0.1, -0.05) is 50.8 Å². The molecule has 0 saturated heterocycles. The van der Waals surface area contributed by atoms with Crippen LogP contribution in [-0.4, -0.2) is 33.0 Å². The summed E-state index contributed by atoms with van der Waals surface area (Å²) in [6.45, 7) is 4.03. The molecule has 1 fully saturated rings. The Hall–Kier alpha value is -1.13. The summed E-state index contributed by atoms with van der Waals surface area (Å²) in [6, 6.07) is 0. The van der Waals surface area contributed by atoms with Crippen molar-refractivity contribution in [1.82, 2.24) is 0 Å². The molecular weight excluding hydrogens is 316 g/mol. The fraction of sp³-hybridized carbons (Fsp3) is 0.762. The van der Waals surface area contributed by atoms with Gasteiger partial charge in [0.05, 0.1) is 11.7 Å². The van der Waals surface area contributed by atoms with Gasteiger partial charge in [-0.15, -0.1) is 0 Å². The van der Waals surface area contributed by atoms with Crippen LogP contribution in [0.25, 0.3) is 0 Å². The Morgan fingerprint density at radius 1 is 1.20 bits per heavy atom. The van der Waals surface area contributed by atoms with Gasteiger partial charge in [0.25, 0.3) is 0 Å². The molecular formula is C21H36O4. The molecule has 4 nitrogen and oxygen atoms in total. The number of allylic oxidation sites excluding steroid dienone is 2. The molecule has 0 aliphatic heterocycles. The van der Waals surface area contributed by atoms with Crippen molar-refractivity contribution in [3.63, 3.8) is 0 Å². The number of hydrogen-bond acceptors (Lipinski definition) is 3. The van der Waals surface area contributed by atoms with E-state index in [0.717, 1.165) is 64.2 Å². The Kier molecular flexibility index (Phi) is 10.1. The van der Waals surface area contributed by atoms with E-state index in [2.05, 4.69) is 13.0 Å². The first kappa shape index (κ1) is 21.9. The topological polar surface area (TPSA) is 77.8 Å². The van der Waals surface area contributed by atoms with Crippen molar-refractivity contribution in [2.75, 3.05) is 0 Å². The van der Waals surface area contributed by atoms with Gasteiger partial charge in [0, 0.05) is 6.08 Å². The predicted octanol–water partition coefficient (Wildman–Crippen LogP) is 4.46. The summed E-state index contributed by atoms with van der Waals surface area (Å²) in [5.41, 5.74) is -0.755. The molecule has 0 radical (unpaired) electrons. The minimum atomic E-state index is -0.901. The molecule has 0 amide bonds. The highest BCUT2D eigenvalue weighted by molar-refractivity contribution is 5.79. The van der Waals surface area contributed by atoms with Crippen LogP contribution in [0.2, 0.25) is 0 Å². The van der Waals surface area contributed by atoms with Gasteiger partial charge in [0.15, 0.2) is 0 Å². The molecule has 3 N–H and O–H groups in total. The van der Waals surface area contributed by atoms with Crippen molar-refractivity contribution in [2.45, 2.75) is 89.8 Å². The maximum atomic E-state index is 10.5. The van der Waals surface area contributed by atoms with Crippen LogP contribution in [0.5, 0.6) is 0 Å². The average Bonchev–Trinajstić information content (AvgIpc) is 2.89. The number of rotatable bonds is 12. The van der Waals surface area contributed by atoms with E-state index in [9.17, 15) is 15.0 Å². The van der Waals surface area contributed by atoms with E-state index in [4.69, 9.17) is 5.11 Å². The van der Waals surface area contributed by atoms with E-state index < -0.39 is 11.6 Å². The van der Waals surface area contributed by atoms with Gasteiger partial charge in [-0.05, 0) is 57.3 Å². The number of hydrogen-bond donors (Lipinski definition) is 3. The van der Waals surface area contributed by atoms with Crippen LogP contribution in [-0.2, 0) is 4.79 Å². The molecule has 0 aromatic rings. The number of unbranched alkanes of at least 4 members (excludes halogenated alkanes) is 4. The Bertz CT molecular complexity index is 439. The maximum absolute atomic E-state index is 10.5. The second-order valence-corrected chi connectivity index (χ2v) is 7.67. The molecule has 0 heterocycles. The number of aliphatic hydroxyl groups is 2. The molecule has 4 heteroatoms. The minimum absolute atomic E-state index is 0.255. The lowest BCUT2D eigenvalue weighted by atomic mass is 9.87. The third-order valence-electron chi connectivity index (χ3n) is 5.25. The van der Waals surface area contributed by atoms with Crippen molar-refractivity contribution >= 4 is 5.97 Å². The summed E-state index contributed by atoms with van der Waals surface area (Å²) >= 11 is 0. The minimum Gasteiger partial charge on any atom is -0.478 e. The normalized spacial score (nSPS) is 26.5. The number of carboxylic acids is 1. The predicted molar refractivity (Wildman–Crippen MR) is 101 cm³/mol. The zero-order valence-electron chi connectivity index (χ0n) is 15.9. The van der Waals surface area contributed by atoms with E-state index in [1.165, 1.54) is 6.08 Å². The van der Waals surface area contributed by atoms with Crippen LogP contribution in [0, 0.1) is 11.8 Å². The van der Waals surface area contributed by atoms with Crippen LogP contribution >= 0.6 is 0 Å². The molecule has 0 aromatic heterocycles. The van der Waals surface area contributed by atoms with Gasteiger partial charge in [-0.25, -0.2) is 4.79 Å². The lowest BCUT2D eigenvalue weighted by molar-refractivity contribution is -0.131. The molecule has 0 aromatic carbocycles. The second kappa shape index (κ2) is 11.5. The fourth-order valence-electron chi connectivity index (χ4n) is 3.70. The van der Waals surface area contributed by atoms with Gasteiger partial charge in [-0.2, -0.15) is 0 Å². The van der Waals surface area contributed by atoms with E-state index in [1.54, 1.807) is 6.08 Å².